The molecule has 5 heteroatoms. The number of para-hydroxylation sites is 1. The first-order valence-corrected chi connectivity index (χ1v) is 13.8. The van der Waals surface area contributed by atoms with Crippen LogP contribution in [0.4, 0.5) is 11.6 Å². The molecule has 4 nitrogen and oxygen atoms in total. The van der Waals surface area contributed by atoms with E-state index in [0.717, 1.165) is 35.3 Å². The summed E-state index contributed by atoms with van der Waals surface area (Å²) in [4.78, 5) is 18.3. The minimum Gasteiger partial charge on any atom is -0.325 e. The third-order valence-electron chi connectivity index (χ3n) is 6.03. The van der Waals surface area contributed by atoms with Crippen molar-refractivity contribution in [2.24, 2.45) is 5.92 Å². The molecule has 0 spiro atoms. The average molecular weight is 480 g/mol. The number of carbonyl (C=O) groups is 1. The summed E-state index contributed by atoms with van der Waals surface area (Å²) in [5.41, 5.74) is 3.97. The van der Waals surface area contributed by atoms with Gasteiger partial charge in [0.25, 0.3) is 0 Å². The average Bonchev–Trinajstić information content (AvgIpc) is 3.13. The molecule has 0 amide bonds. The normalized spacial score (nSPS) is 11.9. The van der Waals surface area contributed by atoms with Crippen LogP contribution in [0.2, 0.25) is 0 Å². The van der Waals surface area contributed by atoms with Crippen molar-refractivity contribution in [2.75, 3.05) is 11.1 Å². The number of aromatic nitrogens is 2. The van der Waals surface area contributed by atoms with E-state index >= 15 is 0 Å². The van der Waals surface area contributed by atoms with Gasteiger partial charge < -0.3 is 5.32 Å². The Morgan fingerprint density at radius 2 is 1.85 bits per heavy atom. The predicted molar refractivity (Wildman–Crippen MR) is 149 cm³/mol. The molecule has 0 aliphatic carbocycles. The third-order valence-corrected chi connectivity index (χ3v) is 7.38. The molecular weight excluding hydrogens is 438 g/mol. The van der Waals surface area contributed by atoms with Crippen LogP contribution >= 0.6 is 11.8 Å². The van der Waals surface area contributed by atoms with Crippen LogP contribution in [0.5, 0.6) is 0 Å². The molecule has 1 N–H and O–H groups in total. The van der Waals surface area contributed by atoms with E-state index in [1.165, 1.54) is 31.2 Å². The molecule has 0 aliphatic heterocycles. The zero-order valence-electron chi connectivity index (χ0n) is 21.6. The highest BCUT2D eigenvalue weighted by Crippen LogP contribution is 2.32. The number of imidazole rings is 1. The molecule has 1 aromatic heterocycles. The fourth-order valence-corrected chi connectivity index (χ4v) is 5.87. The molecule has 0 bridgehead atoms. The smallest absolute Gasteiger partial charge is 0.234 e. The van der Waals surface area contributed by atoms with E-state index in [-0.39, 0.29) is 10.7 Å². The van der Waals surface area contributed by atoms with Crippen LogP contribution in [-0.2, 0) is 6.42 Å². The molecule has 0 radical (unpaired) electrons. The molecule has 34 heavy (non-hydrogen) atoms. The Morgan fingerprint density at radius 3 is 2.56 bits per heavy atom. The minimum absolute atomic E-state index is 0.0944. The Morgan fingerprint density at radius 1 is 1.09 bits per heavy atom. The Labute approximate surface area is 209 Å². The number of benzene rings is 2. The van der Waals surface area contributed by atoms with Crippen molar-refractivity contribution in [3.8, 4) is 0 Å². The van der Waals surface area contributed by atoms with E-state index in [1.54, 1.807) is 4.57 Å². The van der Waals surface area contributed by atoms with Gasteiger partial charge in [-0.05, 0) is 55.0 Å². The SMILES string of the molecule is CCCCCCc1ccc2nc(Nc3ccccc3)n(C(=O)CCSC(C)(C)CC(C)C)c2c1. The Kier molecular flexibility index (Phi) is 9.63. The van der Waals surface area contributed by atoms with E-state index < -0.39 is 0 Å². The largest absolute Gasteiger partial charge is 0.325 e. The summed E-state index contributed by atoms with van der Waals surface area (Å²) in [6.45, 7) is 11.3. The summed E-state index contributed by atoms with van der Waals surface area (Å²) in [5, 5.41) is 3.38. The zero-order valence-corrected chi connectivity index (χ0v) is 22.4. The van der Waals surface area contributed by atoms with Crippen molar-refractivity contribution >= 4 is 40.3 Å². The van der Waals surface area contributed by atoms with Crippen LogP contribution < -0.4 is 5.32 Å². The van der Waals surface area contributed by atoms with E-state index in [9.17, 15) is 4.79 Å². The molecule has 1 heterocycles. The Balaban J connectivity index is 1.83. The van der Waals surface area contributed by atoms with Crippen molar-refractivity contribution in [1.29, 1.82) is 0 Å². The third kappa shape index (κ3) is 7.63. The lowest BCUT2D eigenvalue weighted by Crippen LogP contribution is -2.20. The number of anilines is 2. The fourth-order valence-electron chi connectivity index (χ4n) is 4.59. The van der Waals surface area contributed by atoms with Gasteiger partial charge in [0, 0.05) is 22.6 Å². The van der Waals surface area contributed by atoms with Gasteiger partial charge in [-0.15, -0.1) is 0 Å². The zero-order chi connectivity index (χ0) is 24.6. The van der Waals surface area contributed by atoms with Crippen molar-refractivity contribution in [3.05, 3.63) is 54.1 Å². The van der Waals surface area contributed by atoms with Gasteiger partial charge >= 0.3 is 0 Å². The summed E-state index contributed by atoms with van der Waals surface area (Å²) in [5.74, 6) is 2.14. The molecule has 0 aliphatic rings. The van der Waals surface area contributed by atoms with Crippen LogP contribution in [0.1, 0.15) is 83.5 Å². The lowest BCUT2D eigenvalue weighted by molar-refractivity contribution is 0.0917. The first kappa shape index (κ1) is 26.3. The molecule has 3 aromatic rings. The second-order valence-electron chi connectivity index (χ2n) is 10.2. The second-order valence-corrected chi connectivity index (χ2v) is 12.0. The molecule has 0 saturated carbocycles. The van der Waals surface area contributed by atoms with E-state index in [1.807, 2.05) is 42.1 Å². The molecule has 0 unspecified atom stereocenters. The second kappa shape index (κ2) is 12.4. The highest BCUT2D eigenvalue weighted by atomic mass is 32.2. The summed E-state index contributed by atoms with van der Waals surface area (Å²) >= 11 is 1.89. The van der Waals surface area contributed by atoms with Crippen molar-refractivity contribution in [1.82, 2.24) is 9.55 Å². The maximum Gasteiger partial charge on any atom is 0.234 e. The first-order valence-electron chi connectivity index (χ1n) is 12.8. The summed E-state index contributed by atoms with van der Waals surface area (Å²) in [6, 6.07) is 16.3. The van der Waals surface area contributed by atoms with Crippen LogP contribution in [-0.4, -0.2) is 26.0 Å². The number of hydrogen-bond acceptors (Lipinski definition) is 4. The highest BCUT2D eigenvalue weighted by Gasteiger charge is 2.22. The number of carbonyl (C=O) groups excluding carboxylic acids is 1. The predicted octanol–water partition coefficient (Wildman–Crippen LogP) is 8.49. The number of aryl methyl sites for hydroxylation is 1. The van der Waals surface area contributed by atoms with Crippen LogP contribution in [0.3, 0.4) is 0 Å². The number of unbranched alkanes of at least 4 members (excludes halogenated alkanes) is 3. The monoisotopic (exact) mass is 479 g/mol. The lowest BCUT2D eigenvalue weighted by Gasteiger charge is -2.26. The summed E-state index contributed by atoms with van der Waals surface area (Å²) in [7, 11) is 0. The molecule has 3 rings (SSSR count). The van der Waals surface area contributed by atoms with Crippen LogP contribution in [0.15, 0.2) is 48.5 Å². The van der Waals surface area contributed by atoms with Crippen LogP contribution in [0, 0.1) is 5.92 Å². The molecular formula is C29H41N3OS. The standard InChI is InChI=1S/C29H41N3OS/c1-6-7-8-10-13-23-16-17-25-26(20-23)32(28(31-25)30-24-14-11-9-12-15-24)27(33)18-19-34-29(4,5)21-22(2)3/h9,11-12,14-17,20,22H,6-8,10,13,18-19,21H2,1-5H3,(H,30,31). The minimum atomic E-state index is 0.0944. The quantitative estimate of drug-likeness (QED) is 0.250. The fraction of sp³-hybridized carbons (Fsp3) is 0.517. The molecule has 0 fully saturated rings. The van der Waals surface area contributed by atoms with Crippen molar-refractivity contribution in [3.63, 3.8) is 0 Å². The van der Waals surface area contributed by atoms with Crippen molar-refractivity contribution in [2.45, 2.75) is 84.3 Å². The van der Waals surface area contributed by atoms with E-state index in [0.29, 0.717) is 18.3 Å². The first-order chi connectivity index (χ1) is 16.3. The molecule has 0 atom stereocenters. The molecule has 0 saturated heterocycles. The van der Waals surface area contributed by atoms with Crippen LogP contribution in [0.25, 0.3) is 11.0 Å². The number of hydrogen-bond donors (Lipinski definition) is 1. The topological polar surface area (TPSA) is 46.9 Å². The maximum atomic E-state index is 13.5. The lowest BCUT2D eigenvalue weighted by atomic mass is 10.0. The van der Waals surface area contributed by atoms with Gasteiger partial charge in [-0.1, -0.05) is 78.1 Å². The maximum absolute atomic E-state index is 13.5. The Bertz CT molecular complexity index is 1060. The van der Waals surface area contributed by atoms with Crippen molar-refractivity contribution < 1.29 is 4.79 Å². The Hall–Kier alpha value is -2.27. The summed E-state index contributed by atoms with van der Waals surface area (Å²) < 4.78 is 1.97. The number of nitrogens with one attached hydrogen (secondary N) is 1. The van der Waals surface area contributed by atoms with Gasteiger partial charge in [0.15, 0.2) is 0 Å². The molecule has 184 valence electrons. The van der Waals surface area contributed by atoms with Gasteiger partial charge in [-0.2, -0.15) is 11.8 Å². The number of nitrogens with zero attached hydrogens (tertiary/aromatic N) is 2. The summed E-state index contributed by atoms with van der Waals surface area (Å²) in [6.07, 6.45) is 7.60. The van der Waals surface area contributed by atoms with Gasteiger partial charge in [-0.25, -0.2) is 9.55 Å². The van der Waals surface area contributed by atoms with E-state index in [2.05, 4.69) is 58.1 Å². The van der Waals surface area contributed by atoms with E-state index in [4.69, 9.17) is 4.98 Å². The molecule has 2 aromatic carbocycles. The highest BCUT2D eigenvalue weighted by molar-refractivity contribution is 8.00. The number of fused-ring (bicyclic) bond motifs is 1. The number of thioether (sulfide) groups is 1. The number of rotatable bonds is 13. The van der Waals surface area contributed by atoms with Gasteiger partial charge in [-0.3, -0.25) is 4.79 Å². The van der Waals surface area contributed by atoms with Gasteiger partial charge in [0.2, 0.25) is 11.9 Å². The van der Waals surface area contributed by atoms with Gasteiger partial charge in [0.05, 0.1) is 11.0 Å². The van der Waals surface area contributed by atoms with Gasteiger partial charge in [0.1, 0.15) is 0 Å².